The van der Waals surface area contributed by atoms with E-state index in [1.165, 1.54) is 24.3 Å². The lowest BCUT2D eigenvalue weighted by Gasteiger charge is -2.25. The number of halogens is 3. The molecule has 3 rings (SSSR count). The fourth-order valence-electron chi connectivity index (χ4n) is 3.40. The van der Waals surface area contributed by atoms with Gasteiger partial charge in [-0.3, -0.25) is 4.79 Å². The number of carbonyl (C=O) groups is 1. The Morgan fingerprint density at radius 3 is 2.67 bits per heavy atom. The zero-order valence-electron chi connectivity index (χ0n) is 16.6. The maximum absolute atomic E-state index is 13.8. The predicted molar refractivity (Wildman–Crippen MR) is 113 cm³/mol. The normalized spacial score (nSPS) is 16.8. The number of anilines is 2. The fourth-order valence-corrected chi connectivity index (χ4v) is 4.31. The summed E-state index contributed by atoms with van der Waals surface area (Å²) < 4.78 is 51.1. The summed E-state index contributed by atoms with van der Waals surface area (Å²) in [5, 5.41) is 2.84. The van der Waals surface area contributed by atoms with Gasteiger partial charge in [0.05, 0.1) is 10.5 Å². The Morgan fingerprint density at radius 1 is 1.23 bits per heavy atom. The molecule has 30 heavy (non-hydrogen) atoms. The number of alkyl halides is 2. The van der Waals surface area contributed by atoms with Crippen LogP contribution in [0.4, 0.5) is 20.3 Å². The molecule has 0 bridgehead atoms. The van der Waals surface area contributed by atoms with Crippen molar-refractivity contribution >= 4 is 38.9 Å². The van der Waals surface area contributed by atoms with E-state index in [0.29, 0.717) is 17.8 Å². The number of amides is 1. The molecule has 0 saturated carbocycles. The number of pyridine rings is 1. The first kappa shape index (κ1) is 22.4. The molecule has 1 aromatic heterocycles. The number of rotatable bonds is 4. The van der Waals surface area contributed by atoms with Crippen molar-refractivity contribution in [1.29, 1.82) is 0 Å². The third kappa shape index (κ3) is 5.26. The molecule has 1 aromatic carbocycles. The molecule has 0 spiro atoms. The van der Waals surface area contributed by atoms with Gasteiger partial charge < -0.3 is 10.2 Å². The van der Waals surface area contributed by atoms with E-state index in [2.05, 4.69) is 10.3 Å². The largest absolute Gasteiger partial charge is 0.356 e. The molecule has 1 amide bonds. The summed E-state index contributed by atoms with van der Waals surface area (Å²) in [6.07, 6.45) is 0.784. The van der Waals surface area contributed by atoms with Crippen LogP contribution >= 0.6 is 11.6 Å². The van der Waals surface area contributed by atoms with Crippen molar-refractivity contribution in [2.45, 2.75) is 37.0 Å². The Morgan fingerprint density at radius 2 is 1.97 bits per heavy atom. The number of benzene rings is 1. The van der Waals surface area contributed by atoms with E-state index in [4.69, 9.17) is 11.6 Å². The van der Waals surface area contributed by atoms with Gasteiger partial charge in [0.25, 0.3) is 5.91 Å². The van der Waals surface area contributed by atoms with Crippen LogP contribution in [0.5, 0.6) is 0 Å². The second kappa shape index (κ2) is 8.47. The molecule has 1 N–H and O–H groups in total. The van der Waals surface area contributed by atoms with Crippen molar-refractivity contribution in [3.05, 3.63) is 46.6 Å². The minimum atomic E-state index is -3.44. The summed E-state index contributed by atoms with van der Waals surface area (Å²) in [4.78, 5) is 19.0. The third-order valence-electron chi connectivity index (χ3n) is 4.93. The van der Waals surface area contributed by atoms with Gasteiger partial charge in [-0.1, -0.05) is 17.7 Å². The number of aryl methyl sites for hydroxylation is 1. The van der Waals surface area contributed by atoms with Crippen LogP contribution in [0.2, 0.25) is 5.15 Å². The quantitative estimate of drug-likeness (QED) is 0.691. The van der Waals surface area contributed by atoms with Crippen LogP contribution in [0.3, 0.4) is 0 Å². The standard InChI is InChI=1S/C20H22ClF2N3O3S/c1-13-11-16(21)25-18(26-9-4-7-20(22,23)8-10-26)17(13)19(27)24-14-5-3-6-15(12-14)30(2,28)29/h3,5-6,11-12H,4,7-10H2,1-2H3,(H,24,27). The SMILES string of the molecule is Cc1cc(Cl)nc(N2CCCC(F)(F)CC2)c1C(=O)Nc1cccc(S(C)(=O)=O)c1. The van der Waals surface area contributed by atoms with Gasteiger partial charge in [0.1, 0.15) is 11.0 Å². The van der Waals surface area contributed by atoms with Gasteiger partial charge in [-0.15, -0.1) is 0 Å². The highest BCUT2D eigenvalue weighted by Crippen LogP contribution is 2.32. The van der Waals surface area contributed by atoms with Crippen molar-refractivity contribution in [2.24, 2.45) is 0 Å². The number of carbonyl (C=O) groups excluding carboxylic acids is 1. The van der Waals surface area contributed by atoms with Crippen LogP contribution in [-0.4, -0.2) is 44.6 Å². The van der Waals surface area contributed by atoms with Crippen molar-refractivity contribution < 1.29 is 22.0 Å². The maximum atomic E-state index is 13.8. The Labute approximate surface area is 179 Å². The number of sulfone groups is 1. The Balaban J connectivity index is 1.95. The van der Waals surface area contributed by atoms with Crippen molar-refractivity contribution in [3.63, 3.8) is 0 Å². The van der Waals surface area contributed by atoms with Gasteiger partial charge in [0.2, 0.25) is 5.92 Å². The van der Waals surface area contributed by atoms with Crippen LogP contribution in [-0.2, 0) is 9.84 Å². The molecule has 0 radical (unpaired) electrons. The molecule has 2 heterocycles. The molecule has 1 aliphatic rings. The van der Waals surface area contributed by atoms with Crippen molar-refractivity contribution in [1.82, 2.24) is 4.98 Å². The number of nitrogens with one attached hydrogen (secondary N) is 1. The van der Waals surface area contributed by atoms with Crippen LogP contribution in [0.15, 0.2) is 35.2 Å². The molecule has 2 aromatic rings. The zero-order valence-corrected chi connectivity index (χ0v) is 18.2. The summed E-state index contributed by atoms with van der Waals surface area (Å²) in [5.74, 6) is -3.03. The number of hydrogen-bond donors (Lipinski definition) is 1. The van der Waals surface area contributed by atoms with Gasteiger partial charge in [0.15, 0.2) is 9.84 Å². The van der Waals surface area contributed by atoms with E-state index < -0.39 is 21.7 Å². The minimum Gasteiger partial charge on any atom is -0.356 e. The predicted octanol–water partition coefficient (Wildman–Crippen LogP) is 4.32. The number of nitrogens with zero attached hydrogens (tertiary/aromatic N) is 2. The van der Waals surface area contributed by atoms with E-state index in [0.717, 1.165) is 6.26 Å². The molecule has 1 fully saturated rings. The summed E-state index contributed by atoms with van der Waals surface area (Å²) in [5.41, 5.74) is 1.05. The molecule has 1 saturated heterocycles. The first-order valence-corrected chi connectivity index (χ1v) is 11.6. The van der Waals surface area contributed by atoms with E-state index in [1.807, 2.05) is 0 Å². The number of hydrogen-bond acceptors (Lipinski definition) is 5. The lowest BCUT2D eigenvalue weighted by atomic mass is 10.1. The molecular weight excluding hydrogens is 436 g/mol. The van der Waals surface area contributed by atoms with Crippen LogP contribution < -0.4 is 10.2 Å². The molecule has 0 unspecified atom stereocenters. The third-order valence-corrected chi connectivity index (χ3v) is 6.23. The monoisotopic (exact) mass is 457 g/mol. The van der Waals surface area contributed by atoms with E-state index in [-0.39, 0.29) is 47.2 Å². The highest BCUT2D eigenvalue weighted by atomic mass is 35.5. The Kier molecular flexibility index (Phi) is 6.33. The number of aromatic nitrogens is 1. The van der Waals surface area contributed by atoms with Gasteiger partial charge >= 0.3 is 0 Å². The summed E-state index contributed by atoms with van der Waals surface area (Å²) in [6.45, 7) is 2.06. The van der Waals surface area contributed by atoms with E-state index in [1.54, 1.807) is 17.9 Å². The van der Waals surface area contributed by atoms with Crippen molar-refractivity contribution in [2.75, 3.05) is 29.6 Å². The van der Waals surface area contributed by atoms with Gasteiger partial charge in [-0.25, -0.2) is 22.2 Å². The topological polar surface area (TPSA) is 79.4 Å². The lowest BCUT2D eigenvalue weighted by Crippen LogP contribution is -2.30. The molecule has 0 aliphatic carbocycles. The van der Waals surface area contributed by atoms with Crippen molar-refractivity contribution in [3.8, 4) is 0 Å². The fraction of sp³-hybridized carbons (Fsp3) is 0.400. The average molecular weight is 458 g/mol. The highest BCUT2D eigenvalue weighted by molar-refractivity contribution is 7.90. The molecule has 6 nitrogen and oxygen atoms in total. The summed E-state index contributed by atoms with van der Waals surface area (Å²) in [6, 6.07) is 7.41. The molecule has 162 valence electrons. The smallest absolute Gasteiger partial charge is 0.259 e. The molecule has 10 heteroatoms. The first-order valence-electron chi connectivity index (χ1n) is 9.38. The van der Waals surface area contributed by atoms with Crippen LogP contribution in [0, 0.1) is 6.92 Å². The Bertz CT molecular complexity index is 1080. The highest BCUT2D eigenvalue weighted by Gasteiger charge is 2.33. The van der Waals surface area contributed by atoms with Crippen LogP contribution in [0.25, 0.3) is 0 Å². The second-order valence-corrected chi connectivity index (χ2v) is 9.81. The summed E-state index contributed by atoms with van der Waals surface area (Å²) in [7, 11) is -3.44. The van der Waals surface area contributed by atoms with E-state index >= 15 is 0 Å². The first-order chi connectivity index (χ1) is 14.0. The average Bonchev–Trinajstić information content (AvgIpc) is 2.81. The van der Waals surface area contributed by atoms with Crippen LogP contribution in [0.1, 0.15) is 35.2 Å². The Hall–Kier alpha value is -2.26. The van der Waals surface area contributed by atoms with Gasteiger partial charge in [-0.05, 0) is 43.2 Å². The molecule has 0 atom stereocenters. The zero-order chi connectivity index (χ0) is 22.1. The molecule has 1 aliphatic heterocycles. The second-order valence-electron chi connectivity index (χ2n) is 7.41. The lowest BCUT2D eigenvalue weighted by molar-refractivity contribution is -0.0102. The van der Waals surface area contributed by atoms with Gasteiger partial charge in [0, 0.05) is 37.9 Å². The molecular formula is C20H22ClF2N3O3S. The van der Waals surface area contributed by atoms with E-state index in [9.17, 15) is 22.0 Å². The summed E-state index contributed by atoms with van der Waals surface area (Å²) >= 11 is 6.09. The minimum absolute atomic E-state index is 0.0453. The maximum Gasteiger partial charge on any atom is 0.259 e. The van der Waals surface area contributed by atoms with Gasteiger partial charge in [-0.2, -0.15) is 0 Å².